The Labute approximate surface area is 140 Å². The van der Waals surface area contributed by atoms with Crippen molar-refractivity contribution in [2.45, 2.75) is 26.7 Å². The Kier molecular flexibility index (Phi) is 5.34. The SMILES string of the molecule is Cc1cc(C)c(C(=O)NCC(C(=O)O)c2ccc(F)cc2)c(C)c1. The van der Waals surface area contributed by atoms with Crippen LogP contribution < -0.4 is 5.32 Å². The highest BCUT2D eigenvalue weighted by Crippen LogP contribution is 2.18. The number of carboxylic acids is 1. The molecule has 0 heterocycles. The lowest BCUT2D eigenvalue weighted by Gasteiger charge is -2.16. The third-order valence-electron chi connectivity index (χ3n) is 3.94. The van der Waals surface area contributed by atoms with E-state index in [1.807, 2.05) is 32.9 Å². The van der Waals surface area contributed by atoms with E-state index >= 15 is 0 Å². The summed E-state index contributed by atoms with van der Waals surface area (Å²) in [5.74, 6) is -2.74. The molecule has 0 aliphatic carbocycles. The van der Waals surface area contributed by atoms with E-state index in [2.05, 4.69) is 5.32 Å². The van der Waals surface area contributed by atoms with Gasteiger partial charge in [-0.05, 0) is 49.6 Å². The molecule has 1 unspecified atom stereocenters. The van der Waals surface area contributed by atoms with Gasteiger partial charge >= 0.3 is 5.97 Å². The second kappa shape index (κ2) is 7.25. The van der Waals surface area contributed by atoms with E-state index in [9.17, 15) is 19.1 Å². The molecule has 0 spiro atoms. The quantitative estimate of drug-likeness (QED) is 0.884. The molecule has 0 radical (unpaired) electrons. The molecule has 2 aromatic rings. The fraction of sp³-hybridized carbons (Fsp3) is 0.263. The van der Waals surface area contributed by atoms with Crippen molar-refractivity contribution in [2.24, 2.45) is 0 Å². The average Bonchev–Trinajstić information content (AvgIpc) is 2.47. The van der Waals surface area contributed by atoms with Gasteiger partial charge in [-0.25, -0.2) is 4.39 Å². The molecule has 0 aliphatic rings. The molecular formula is C19H20FNO3. The highest BCUT2D eigenvalue weighted by Gasteiger charge is 2.22. The molecule has 2 rings (SSSR count). The first-order chi connectivity index (χ1) is 11.3. The summed E-state index contributed by atoms with van der Waals surface area (Å²) in [5, 5.41) is 12.1. The molecule has 0 saturated heterocycles. The maximum atomic E-state index is 13.0. The zero-order chi connectivity index (χ0) is 17.9. The van der Waals surface area contributed by atoms with Crippen LogP contribution in [-0.4, -0.2) is 23.5 Å². The molecule has 126 valence electrons. The van der Waals surface area contributed by atoms with Gasteiger partial charge in [0.25, 0.3) is 5.91 Å². The molecule has 0 aromatic heterocycles. The van der Waals surface area contributed by atoms with Crippen molar-refractivity contribution in [3.05, 3.63) is 70.0 Å². The molecule has 0 saturated carbocycles. The van der Waals surface area contributed by atoms with Crippen molar-refractivity contribution in [3.8, 4) is 0 Å². The molecule has 2 aromatic carbocycles. The van der Waals surface area contributed by atoms with Crippen LogP contribution in [0.4, 0.5) is 4.39 Å². The molecule has 0 bridgehead atoms. The maximum absolute atomic E-state index is 13.0. The summed E-state index contributed by atoms with van der Waals surface area (Å²) in [5.41, 5.74) is 3.76. The minimum Gasteiger partial charge on any atom is -0.481 e. The van der Waals surface area contributed by atoms with Crippen LogP contribution in [0.25, 0.3) is 0 Å². The summed E-state index contributed by atoms with van der Waals surface area (Å²) in [6, 6.07) is 9.08. The van der Waals surface area contributed by atoms with Gasteiger partial charge in [-0.15, -0.1) is 0 Å². The fourth-order valence-electron chi connectivity index (χ4n) is 2.86. The van der Waals surface area contributed by atoms with E-state index in [0.717, 1.165) is 16.7 Å². The van der Waals surface area contributed by atoms with Crippen LogP contribution in [0.15, 0.2) is 36.4 Å². The number of aryl methyl sites for hydroxylation is 3. The molecule has 0 aliphatic heterocycles. The first-order valence-electron chi connectivity index (χ1n) is 7.64. The van der Waals surface area contributed by atoms with Gasteiger partial charge in [-0.2, -0.15) is 0 Å². The molecule has 4 nitrogen and oxygen atoms in total. The molecule has 5 heteroatoms. The Balaban J connectivity index is 2.17. The van der Waals surface area contributed by atoms with Gasteiger partial charge in [0.15, 0.2) is 0 Å². The highest BCUT2D eigenvalue weighted by atomic mass is 19.1. The number of benzene rings is 2. The Bertz CT molecular complexity index is 746. The van der Waals surface area contributed by atoms with Crippen molar-refractivity contribution in [2.75, 3.05) is 6.54 Å². The minimum absolute atomic E-state index is 0.0629. The predicted molar refractivity (Wildman–Crippen MR) is 89.8 cm³/mol. The lowest BCUT2D eigenvalue weighted by Crippen LogP contribution is -2.32. The lowest BCUT2D eigenvalue weighted by atomic mass is 9.97. The van der Waals surface area contributed by atoms with E-state index in [0.29, 0.717) is 11.1 Å². The van der Waals surface area contributed by atoms with Gasteiger partial charge in [0.05, 0.1) is 5.92 Å². The normalized spacial score (nSPS) is 11.8. The van der Waals surface area contributed by atoms with Gasteiger partial charge in [0, 0.05) is 12.1 Å². The zero-order valence-corrected chi connectivity index (χ0v) is 13.9. The molecule has 2 N–H and O–H groups in total. The second-order valence-corrected chi connectivity index (χ2v) is 5.93. The van der Waals surface area contributed by atoms with E-state index in [-0.39, 0.29) is 12.5 Å². The van der Waals surface area contributed by atoms with Gasteiger partial charge in [0.2, 0.25) is 0 Å². The zero-order valence-electron chi connectivity index (χ0n) is 13.9. The number of amides is 1. The van der Waals surface area contributed by atoms with Crippen LogP contribution in [0.5, 0.6) is 0 Å². The minimum atomic E-state index is -1.07. The predicted octanol–water partition coefficient (Wildman–Crippen LogP) is 3.35. The number of rotatable bonds is 5. The van der Waals surface area contributed by atoms with E-state index in [1.54, 1.807) is 0 Å². The second-order valence-electron chi connectivity index (χ2n) is 5.93. The molecule has 24 heavy (non-hydrogen) atoms. The van der Waals surface area contributed by atoms with E-state index in [4.69, 9.17) is 0 Å². The standard InChI is InChI=1S/C19H20FNO3/c1-11-8-12(2)17(13(3)9-11)18(22)21-10-16(19(23)24)14-4-6-15(20)7-5-14/h4-9,16H,10H2,1-3H3,(H,21,22)(H,23,24). The third-order valence-corrected chi connectivity index (χ3v) is 3.94. The van der Waals surface area contributed by atoms with E-state index < -0.39 is 17.7 Å². The molecular weight excluding hydrogens is 309 g/mol. The Morgan fingerprint density at radius 2 is 1.62 bits per heavy atom. The van der Waals surface area contributed by atoms with Crippen molar-refractivity contribution in [1.29, 1.82) is 0 Å². The number of hydrogen-bond donors (Lipinski definition) is 2. The van der Waals surface area contributed by atoms with Gasteiger partial charge in [-0.3, -0.25) is 9.59 Å². The number of carbonyl (C=O) groups excluding carboxylic acids is 1. The topological polar surface area (TPSA) is 66.4 Å². The van der Waals surface area contributed by atoms with Crippen molar-refractivity contribution in [3.63, 3.8) is 0 Å². The number of carbonyl (C=O) groups is 2. The Morgan fingerprint density at radius 3 is 2.12 bits per heavy atom. The first-order valence-corrected chi connectivity index (χ1v) is 7.64. The van der Waals surface area contributed by atoms with Gasteiger partial charge in [0.1, 0.15) is 5.82 Å². The van der Waals surface area contributed by atoms with Crippen molar-refractivity contribution in [1.82, 2.24) is 5.32 Å². The van der Waals surface area contributed by atoms with Crippen LogP contribution >= 0.6 is 0 Å². The van der Waals surface area contributed by atoms with Crippen LogP contribution in [0.2, 0.25) is 0 Å². The summed E-state index contributed by atoms with van der Waals surface area (Å²) in [6.07, 6.45) is 0. The van der Waals surface area contributed by atoms with Crippen LogP contribution in [0, 0.1) is 26.6 Å². The molecule has 0 fully saturated rings. The third kappa shape index (κ3) is 3.98. The number of halogens is 1. The summed E-state index contributed by atoms with van der Waals surface area (Å²) in [6.45, 7) is 5.59. The summed E-state index contributed by atoms with van der Waals surface area (Å²) < 4.78 is 13.0. The van der Waals surface area contributed by atoms with Gasteiger partial charge < -0.3 is 10.4 Å². The number of nitrogens with one attached hydrogen (secondary N) is 1. The smallest absolute Gasteiger partial charge is 0.312 e. The largest absolute Gasteiger partial charge is 0.481 e. The molecule has 1 atom stereocenters. The molecule has 1 amide bonds. The van der Waals surface area contributed by atoms with Crippen LogP contribution in [0.3, 0.4) is 0 Å². The number of carboxylic acid groups (broad SMARTS) is 1. The Morgan fingerprint density at radius 1 is 1.08 bits per heavy atom. The summed E-state index contributed by atoms with van der Waals surface area (Å²) in [4.78, 5) is 23.9. The first kappa shape index (κ1) is 17.7. The van der Waals surface area contributed by atoms with E-state index in [1.165, 1.54) is 24.3 Å². The van der Waals surface area contributed by atoms with Gasteiger partial charge in [-0.1, -0.05) is 29.8 Å². The summed E-state index contributed by atoms with van der Waals surface area (Å²) in [7, 11) is 0. The van der Waals surface area contributed by atoms with Crippen molar-refractivity contribution < 1.29 is 19.1 Å². The summed E-state index contributed by atoms with van der Waals surface area (Å²) >= 11 is 0. The number of aliphatic carboxylic acids is 1. The maximum Gasteiger partial charge on any atom is 0.312 e. The fourth-order valence-corrected chi connectivity index (χ4v) is 2.86. The highest BCUT2D eigenvalue weighted by molar-refractivity contribution is 5.97. The Hall–Kier alpha value is -2.69. The van der Waals surface area contributed by atoms with Crippen LogP contribution in [0.1, 0.15) is 38.5 Å². The monoisotopic (exact) mass is 329 g/mol. The average molecular weight is 329 g/mol. The number of hydrogen-bond acceptors (Lipinski definition) is 2. The van der Waals surface area contributed by atoms with Crippen molar-refractivity contribution >= 4 is 11.9 Å². The lowest BCUT2D eigenvalue weighted by molar-refractivity contribution is -0.138. The van der Waals surface area contributed by atoms with Crippen LogP contribution in [-0.2, 0) is 4.79 Å².